The molecule has 0 heterocycles. The Labute approximate surface area is 159 Å². The molecule has 0 fully saturated rings. The van der Waals surface area contributed by atoms with Gasteiger partial charge in [-0.1, -0.05) is 38.6 Å². The number of nitrogens with one attached hydrogen (secondary N) is 3. The van der Waals surface area contributed by atoms with Gasteiger partial charge in [0.1, 0.15) is 18.7 Å². The molecule has 0 radical (unpaired) electrons. The summed E-state index contributed by atoms with van der Waals surface area (Å²) in [6.07, 6.45) is 0.689. The van der Waals surface area contributed by atoms with Gasteiger partial charge >= 0.3 is 6.09 Å². The minimum Gasteiger partial charge on any atom is -0.445 e. The van der Waals surface area contributed by atoms with Gasteiger partial charge in [-0.15, -0.1) is 0 Å². The van der Waals surface area contributed by atoms with Gasteiger partial charge in [-0.3, -0.25) is 9.59 Å². The number of hydrogen-bond donors (Lipinski definition) is 4. The predicted octanol–water partition coefficient (Wildman–Crippen LogP) is 1.56. The molecular formula is C19H27N3O5. The molecule has 1 rings (SSSR count). The summed E-state index contributed by atoms with van der Waals surface area (Å²) in [6, 6.07) is 5.03. The van der Waals surface area contributed by atoms with E-state index in [9.17, 15) is 14.4 Å². The third kappa shape index (κ3) is 7.49. The van der Waals surface area contributed by atoms with E-state index in [-0.39, 0.29) is 19.1 Å². The minimum atomic E-state index is -0.846. The monoisotopic (exact) mass is 377 g/mol. The van der Waals surface area contributed by atoms with Crippen LogP contribution >= 0.6 is 0 Å². The van der Waals surface area contributed by atoms with Crippen LogP contribution in [0.4, 0.5) is 10.5 Å². The molecule has 0 bridgehead atoms. The van der Waals surface area contributed by atoms with Gasteiger partial charge in [0.15, 0.2) is 0 Å². The molecule has 3 amide bonds. The lowest BCUT2D eigenvalue weighted by Gasteiger charge is -2.23. The van der Waals surface area contributed by atoms with E-state index >= 15 is 0 Å². The molecule has 8 nitrogen and oxygen atoms in total. The highest BCUT2D eigenvalue weighted by atomic mass is 16.5. The lowest BCUT2D eigenvalue weighted by molar-refractivity contribution is -0.128. The number of carbonyl (C=O) groups is 3. The van der Waals surface area contributed by atoms with Crippen LogP contribution in [0.3, 0.4) is 0 Å². The van der Waals surface area contributed by atoms with E-state index < -0.39 is 30.0 Å². The van der Waals surface area contributed by atoms with E-state index in [1.807, 2.05) is 0 Å². The van der Waals surface area contributed by atoms with E-state index in [1.165, 1.54) is 6.08 Å². The maximum Gasteiger partial charge on any atom is 0.408 e. The maximum absolute atomic E-state index is 12.4. The molecule has 0 saturated heterocycles. The molecule has 0 aromatic heterocycles. The van der Waals surface area contributed by atoms with Crippen LogP contribution in [0.2, 0.25) is 0 Å². The number of ether oxygens (including phenoxy) is 1. The maximum atomic E-state index is 12.4. The number of anilines is 1. The Balaban J connectivity index is 2.63. The van der Waals surface area contributed by atoms with Crippen molar-refractivity contribution in [3.8, 4) is 0 Å². The smallest absolute Gasteiger partial charge is 0.408 e. The van der Waals surface area contributed by atoms with Crippen LogP contribution in [0.25, 0.3) is 0 Å². The number of hydrogen-bond acceptors (Lipinski definition) is 5. The Morgan fingerprint density at radius 2 is 1.74 bits per heavy atom. The van der Waals surface area contributed by atoms with E-state index in [4.69, 9.17) is 9.84 Å². The van der Waals surface area contributed by atoms with Gasteiger partial charge in [0.2, 0.25) is 11.8 Å². The summed E-state index contributed by atoms with van der Waals surface area (Å²) >= 11 is 0. The predicted molar refractivity (Wildman–Crippen MR) is 102 cm³/mol. The fourth-order valence-electron chi connectivity index (χ4n) is 2.15. The van der Waals surface area contributed by atoms with Crippen LogP contribution in [0.1, 0.15) is 26.3 Å². The van der Waals surface area contributed by atoms with E-state index in [1.54, 1.807) is 45.0 Å². The van der Waals surface area contributed by atoms with E-state index in [0.717, 1.165) is 5.56 Å². The second kappa shape index (κ2) is 11.0. The Morgan fingerprint density at radius 3 is 2.26 bits per heavy atom. The fourth-order valence-corrected chi connectivity index (χ4v) is 2.15. The molecule has 0 saturated carbocycles. The first-order valence-electron chi connectivity index (χ1n) is 8.63. The Morgan fingerprint density at radius 1 is 1.11 bits per heavy atom. The van der Waals surface area contributed by atoms with Gasteiger partial charge in [0.25, 0.3) is 0 Å². The molecule has 27 heavy (non-hydrogen) atoms. The van der Waals surface area contributed by atoms with Crippen molar-refractivity contribution in [2.24, 2.45) is 5.92 Å². The second-order valence-corrected chi connectivity index (χ2v) is 6.33. The molecule has 1 aromatic carbocycles. The van der Waals surface area contributed by atoms with Gasteiger partial charge < -0.3 is 25.8 Å². The third-order valence-corrected chi connectivity index (χ3v) is 3.71. The highest BCUT2D eigenvalue weighted by molar-refractivity contribution is 5.98. The van der Waals surface area contributed by atoms with Gasteiger partial charge in [-0.05, 0) is 30.5 Å². The van der Waals surface area contributed by atoms with Crippen LogP contribution in [0.5, 0.6) is 0 Å². The SMILES string of the molecule is C=CCOC(=O)NC(C(=O)NC(C)C(=O)Nc1ccc(CO)cc1)C(C)C. The summed E-state index contributed by atoms with van der Waals surface area (Å²) in [6.45, 7) is 8.48. The molecular weight excluding hydrogens is 350 g/mol. The molecule has 4 N–H and O–H groups in total. The number of aliphatic hydroxyl groups excluding tert-OH is 1. The topological polar surface area (TPSA) is 117 Å². The number of benzene rings is 1. The van der Waals surface area contributed by atoms with Crippen LogP contribution < -0.4 is 16.0 Å². The van der Waals surface area contributed by atoms with Crippen molar-refractivity contribution in [1.82, 2.24) is 10.6 Å². The van der Waals surface area contributed by atoms with Crippen molar-refractivity contribution >= 4 is 23.6 Å². The second-order valence-electron chi connectivity index (χ2n) is 6.33. The summed E-state index contributed by atoms with van der Waals surface area (Å²) in [4.78, 5) is 36.4. The van der Waals surface area contributed by atoms with Gasteiger partial charge in [-0.2, -0.15) is 0 Å². The van der Waals surface area contributed by atoms with Crippen molar-refractivity contribution in [3.05, 3.63) is 42.5 Å². The highest BCUT2D eigenvalue weighted by Gasteiger charge is 2.27. The Hall–Kier alpha value is -2.87. The zero-order valence-electron chi connectivity index (χ0n) is 15.8. The molecule has 8 heteroatoms. The number of amides is 3. The zero-order valence-corrected chi connectivity index (χ0v) is 15.8. The average molecular weight is 377 g/mol. The van der Waals surface area contributed by atoms with Gasteiger partial charge in [0, 0.05) is 5.69 Å². The summed E-state index contributed by atoms with van der Waals surface area (Å²) < 4.78 is 4.83. The molecule has 0 aliphatic heterocycles. The Kier molecular flexibility index (Phi) is 9.01. The van der Waals surface area contributed by atoms with Crippen LogP contribution in [-0.2, 0) is 20.9 Å². The number of alkyl carbamates (subject to hydrolysis) is 1. The van der Waals surface area contributed by atoms with Crippen LogP contribution in [-0.4, -0.2) is 41.7 Å². The summed E-state index contributed by atoms with van der Waals surface area (Å²) in [7, 11) is 0. The molecule has 2 atom stereocenters. The quantitative estimate of drug-likeness (QED) is 0.487. The molecule has 0 aliphatic rings. The van der Waals surface area contributed by atoms with Crippen molar-refractivity contribution in [2.75, 3.05) is 11.9 Å². The number of carbonyl (C=O) groups excluding carboxylic acids is 3. The van der Waals surface area contributed by atoms with E-state index in [0.29, 0.717) is 5.69 Å². The average Bonchev–Trinajstić information content (AvgIpc) is 2.64. The van der Waals surface area contributed by atoms with Crippen molar-refractivity contribution in [3.63, 3.8) is 0 Å². The Bertz CT molecular complexity index is 658. The first-order chi connectivity index (χ1) is 12.8. The molecule has 148 valence electrons. The summed E-state index contributed by atoms with van der Waals surface area (Å²) in [5.74, 6) is -1.10. The lowest BCUT2D eigenvalue weighted by Crippen LogP contribution is -2.53. The summed E-state index contributed by atoms with van der Waals surface area (Å²) in [5.41, 5.74) is 1.27. The number of rotatable bonds is 9. The van der Waals surface area contributed by atoms with Crippen LogP contribution in [0, 0.1) is 5.92 Å². The first-order valence-corrected chi connectivity index (χ1v) is 8.63. The lowest BCUT2D eigenvalue weighted by atomic mass is 10.0. The minimum absolute atomic E-state index is 0.0339. The molecule has 1 aromatic rings. The normalized spacial score (nSPS) is 12.6. The molecule has 0 spiro atoms. The van der Waals surface area contributed by atoms with Gasteiger partial charge in [0.05, 0.1) is 6.61 Å². The fraction of sp³-hybridized carbons (Fsp3) is 0.421. The highest BCUT2D eigenvalue weighted by Crippen LogP contribution is 2.10. The largest absolute Gasteiger partial charge is 0.445 e. The van der Waals surface area contributed by atoms with Crippen molar-refractivity contribution in [1.29, 1.82) is 0 Å². The number of aliphatic hydroxyl groups is 1. The van der Waals surface area contributed by atoms with Crippen LogP contribution in [0.15, 0.2) is 36.9 Å². The van der Waals surface area contributed by atoms with Crippen molar-refractivity contribution < 1.29 is 24.2 Å². The van der Waals surface area contributed by atoms with Gasteiger partial charge in [-0.25, -0.2) is 4.79 Å². The first kappa shape index (κ1) is 22.2. The molecule has 2 unspecified atom stereocenters. The summed E-state index contributed by atoms with van der Waals surface area (Å²) in [5, 5.41) is 16.8. The molecule has 0 aliphatic carbocycles. The van der Waals surface area contributed by atoms with Crippen molar-refractivity contribution in [2.45, 2.75) is 39.5 Å². The third-order valence-electron chi connectivity index (χ3n) is 3.71. The zero-order chi connectivity index (χ0) is 20.4. The standard InChI is InChI=1S/C19H27N3O5/c1-5-10-27-19(26)22-16(12(2)3)18(25)20-13(4)17(24)21-15-8-6-14(11-23)7-9-15/h5-9,12-13,16,23H,1,10-11H2,2-4H3,(H,20,25)(H,21,24)(H,22,26). The van der Waals surface area contributed by atoms with E-state index in [2.05, 4.69) is 22.5 Å².